The summed E-state index contributed by atoms with van der Waals surface area (Å²) in [4.78, 5) is 11.7. The van der Waals surface area contributed by atoms with Crippen LogP contribution in [0.4, 0.5) is 4.79 Å². The van der Waals surface area contributed by atoms with Crippen molar-refractivity contribution in [1.82, 2.24) is 5.32 Å². The predicted molar refractivity (Wildman–Crippen MR) is 60.3 cm³/mol. The maximum Gasteiger partial charge on any atom is 0.408 e. The molecule has 1 aliphatic heterocycles. The summed E-state index contributed by atoms with van der Waals surface area (Å²) in [5.74, 6) is 0. The Balaban J connectivity index is 1.86. The molecular formula is C12H21NO3. The van der Waals surface area contributed by atoms with Crippen LogP contribution in [0.2, 0.25) is 0 Å². The Morgan fingerprint density at radius 2 is 2.12 bits per heavy atom. The van der Waals surface area contributed by atoms with E-state index in [0.717, 1.165) is 32.3 Å². The molecule has 1 saturated heterocycles. The molecule has 16 heavy (non-hydrogen) atoms. The Morgan fingerprint density at radius 3 is 2.56 bits per heavy atom. The molecule has 0 bridgehead atoms. The van der Waals surface area contributed by atoms with E-state index in [1.165, 1.54) is 0 Å². The van der Waals surface area contributed by atoms with Gasteiger partial charge < -0.3 is 14.8 Å². The zero-order chi connectivity index (χ0) is 11.8. The van der Waals surface area contributed by atoms with Crippen molar-refractivity contribution in [1.29, 1.82) is 0 Å². The highest BCUT2D eigenvalue weighted by Gasteiger charge is 2.52. The lowest BCUT2D eigenvalue weighted by Gasteiger charge is -2.26. The second-order valence-electron chi connectivity index (χ2n) is 5.78. The van der Waals surface area contributed by atoms with Gasteiger partial charge in [-0.2, -0.15) is 0 Å². The minimum atomic E-state index is -0.434. The summed E-state index contributed by atoms with van der Waals surface area (Å²) >= 11 is 0. The van der Waals surface area contributed by atoms with Crippen LogP contribution in [-0.4, -0.2) is 29.9 Å². The molecule has 1 heterocycles. The number of ether oxygens (including phenoxy) is 2. The van der Waals surface area contributed by atoms with E-state index in [1.54, 1.807) is 0 Å². The Labute approximate surface area is 96.7 Å². The average Bonchev–Trinajstić information content (AvgIpc) is 2.71. The standard InChI is InChI=1S/C12H21NO3/c1-11(2,3)16-10(14)13-12(6-7-12)9-5-4-8-15-9/h9H,4-8H2,1-3H3,(H,13,14). The van der Waals surface area contributed by atoms with Crippen LogP contribution >= 0.6 is 0 Å². The number of alkyl carbamates (subject to hydrolysis) is 1. The first-order valence-corrected chi connectivity index (χ1v) is 6.04. The van der Waals surface area contributed by atoms with Crippen molar-refractivity contribution in [3.8, 4) is 0 Å². The molecule has 1 amide bonds. The van der Waals surface area contributed by atoms with E-state index in [1.807, 2.05) is 20.8 Å². The molecule has 2 rings (SSSR count). The molecule has 92 valence electrons. The van der Waals surface area contributed by atoms with Gasteiger partial charge in [0, 0.05) is 6.61 Å². The molecule has 4 nitrogen and oxygen atoms in total. The quantitative estimate of drug-likeness (QED) is 0.787. The Hall–Kier alpha value is -0.770. The van der Waals surface area contributed by atoms with Gasteiger partial charge in [-0.1, -0.05) is 0 Å². The van der Waals surface area contributed by atoms with Crippen LogP contribution in [0.5, 0.6) is 0 Å². The molecule has 0 aromatic heterocycles. The molecule has 0 radical (unpaired) electrons. The fraction of sp³-hybridized carbons (Fsp3) is 0.917. The molecule has 0 aromatic carbocycles. The van der Waals surface area contributed by atoms with Crippen molar-refractivity contribution in [3.05, 3.63) is 0 Å². The van der Waals surface area contributed by atoms with Gasteiger partial charge in [0.1, 0.15) is 5.60 Å². The number of nitrogens with one attached hydrogen (secondary N) is 1. The highest BCUT2D eigenvalue weighted by atomic mass is 16.6. The van der Waals surface area contributed by atoms with Gasteiger partial charge >= 0.3 is 6.09 Å². The Kier molecular flexibility index (Phi) is 2.86. The van der Waals surface area contributed by atoms with E-state index < -0.39 is 5.60 Å². The van der Waals surface area contributed by atoms with Crippen LogP contribution in [0.15, 0.2) is 0 Å². The van der Waals surface area contributed by atoms with E-state index >= 15 is 0 Å². The summed E-state index contributed by atoms with van der Waals surface area (Å²) in [7, 11) is 0. The second-order valence-corrected chi connectivity index (χ2v) is 5.78. The minimum Gasteiger partial charge on any atom is -0.444 e. The number of carbonyl (C=O) groups excluding carboxylic acids is 1. The monoisotopic (exact) mass is 227 g/mol. The van der Waals surface area contributed by atoms with Gasteiger partial charge in [0.2, 0.25) is 0 Å². The molecule has 1 atom stereocenters. The minimum absolute atomic E-state index is 0.126. The van der Waals surface area contributed by atoms with Gasteiger partial charge in [0.15, 0.2) is 0 Å². The third-order valence-corrected chi connectivity index (χ3v) is 3.08. The zero-order valence-corrected chi connectivity index (χ0v) is 10.3. The lowest BCUT2D eigenvalue weighted by Crippen LogP contribution is -2.47. The van der Waals surface area contributed by atoms with Gasteiger partial charge in [-0.25, -0.2) is 4.79 Å². The van der Waals surface area contributed by atoms with Crippen molar-refractivity contribution >= 4 is 6.09 Å². The van der Waals surface area contributed by atoms with Crippen LogP contribution in [0, 0.1) is 0 Å². The fourth-order valence-corrected chi connectivity index (χ4v) is 2.18. The largest absolute Gasteiger partial charge is 0.444 e. The zero-order valence-electron chi connectivity index (χ0n) is 10.3. The molecule has 2 fully saturated rings. The Bertz CT molecular complexity index is 272. The molecule has 0 spiro atoms. The van der Waals surface area contributed by atoms with Crippen LogP contribution in [0.25, 0.3) is 0 Å². The first kappa shape index (κ1) is 11.7. The lowest BCUT2D eigenvalue weighted by molar-refractivity contribution is 0.0325. The van der Waals surface area contributed by atoms with Crippen molar-refractivity contribution in [3.63, 3.8) is 0 Å². The van der Waals surface area contributed by atoms with E-state index in [0.29, 0.717) is 0 Å². The molecule has 4 heteroatoms. The lowest BCUT2D eigenvalue weighted by atomic mass is 10.1. The summed E-state index contributed by atoms with van der Waals surface area (Å²) in [5.41, 5.74) is -0.560. The first-order valence-electron chi connectivity index (χ1n) is 6.04. The van der Waals surface area contributed by atoms with Gasteiger partial charge in [-0.15, -0.1) is 0 Å². The summed E-state index contributed by atoms with van der Waals surface area (Å²) in [6.07, 6.45) is 4.05. The van der Waals surface area contributed by atoms with Crippen molar-refractivity contribution in [2.45, 2.75) is 63.7 Å². The highest BCUT2D eigenvalue weighted by Crippen LogP contribution is 2.43. The number of hydrogen-bond donors (Lipinski definition) is 1. The number of rotatable bonds is 2. The molecular weight excluding hydrogens is 206 g/mol. The van der Waals surface area contributed by atoms with E-state index in [-0.39, 0.29) is 17.7 Å². The predicted octanol–water partition coefficient (Wildman–Crippen LogP) is 2.22. The fourth-order valence-electron chi connectivity index (χ4n) is 2.18. The number of carbonyl (C=O) groups is 1. The normalized spacial score (nSPS) is 27.6. The van der Waals surface area contributed by atoms with Crippen LogP contribution in [0.1, 0.15) is 46.5 Å². The smallest absolute Gasteiger partial charge is 0.408 e. The van der Waals surface area contributed by atoms with Crippen molar-refractivity contribution in [2.75, 3.05) is 6.61 Å². The average molecular weight is 227 g/mol. The highest BCUT2D eigenvalue weighted by molar-refractivity contribution is 5.69. The third-order valence-electron chi connectivity index (χ3n) is 3.08. The third kappa shape index (κ3) is 2.67. The Morgan fingerprint density at radius 1 is 1.44 bits per heavy atom. The molecule has 1 saturated carbocycles. The number of hydrogen-bond acceptors (Lipinski definition) is 3. The van der Waals surface area contributed by atoms with Gasteiger partial charge in [-0.3, -0.25) is 0 Å². The van der Waals surface area contributed by atoms with Gasteiger partial charge in [0.25, 0.3) is 0 Å². The maximum absolute atomic E-state index is 11.7. The molecule has 1 unspecified atom stereocenters. The van der Waals surface area contributed by atoms with Gasteiger partial charge in [-0.05, 0) is 46.5 Å². The van der Waals surface area contributed by atoms with E-state index in [2.05, 4.69) is 5.32 Å². The van der Waals surface area contributed by atoms with E-state index in [9.17, 15) is 4.79 Å². The summed E-state index contributed by atoms with van der Waals surface area (Å²) in [6.45, 7) is 6.44. The van der Waals surface area contributed by atoms with Crippen LogP contribution in [0.3, 0.4) is 0 Å². The summed E-state index contributed by atoms with van der Waals surface area (Å²) in [6, 6.07) is 0. The van der Waals surface area contributed by atoms with E-state index in [4.69, 9.17) is 9.47 Å². The maximum atomic E-state index is 11.7. The van der Waals surface area contributed by atoms with Gasteiger partial charge in [0.05, 0.1) is 11.6 Å². The number of amides is 1. The molecule has 1 aliphatic carbocycles. The first-order chi connectivity index (χ1) is 7.41. The SMILES string of the molecule is CC(C)(C)OC(=O)NC1(C2CCCO2)CC1. The van der Waals surface area contributed by atoms with Crippen molar-refractivity contribution in [2.24, 2.45) is 0 Å². The molecule has 2 aliphatic rings. The summed E-state index contributed by atoms with van der Waals surface area (Å²) < 4.78 is 10.9. The summed E-state index contributed by atoms with van der Waals surface area (Å²) in [5, 5.41) is 2.98. The van der Waals surface area contributed by atoms with Crippen molar-refractivity contribution < 1.29 is 14.3 Å². The van der Waals surface area contributed by atoms with Crippen LogP contribution < -0.4 is 5.32 Å². The molecule has 0 aromatic rings. The second kappa shape index (κ2) is 3.91. The topological polar surface area (TPSA) is 47.6 Å². The molecule has 1 N–H and O–H groups in total. The van der Waals surface area contributed by atoms with Crippen LogP contribution in [-0.2, 0) is 9.47 Å².